The van der Waals surface area contributed by atoms with Gasteiger partial charge < -0.3 is 20.0 Å². The van der Waals surface area contributed by atoms with Gasteiger partial charge in [-0.3, -0.25) is 9.78 Å². The van der Waals surface area contributed by atoms with E-state index in [9.17, 15) is 15.0 Å². The Bertz CT molecular complexity index is 1150. The van der Waals surface area contributed by atoms with E-state index in [1.807, 2.05) is 32.0 Å². The highest BCUT2D eigenvalue weighted by atomic mass is 16.3. The summed E-state index contributed by atoms with van der Waals surface area (Å²) in [4.78, 5) is 20.3. The average Bonchev–Trinajstić information content (AvgIpc) is 2.79. The number of pyridine rings is 1. The van der Waals surface area contributed by atoms with Gasteiger partial charge in [-0.2, -0.15) is 0 Å². The Morgan fingerprint density at radius 3 is 2.23 bits per heavy atom. The van der Waals surface area contributed by atoms with E-state index in [-0.39, 0.29) is 24.9 Å². The molecule has 6 heteroatoms. The van der Waals surface area contributed by atoms with Crippen LogP contribution in [0.25, 0.3) is 0 Å². The van der Waals surface area contributed by atoms with E-state index in [1.165, 1.54) is 5.56 Å². The maximum atomic E-state index is 12.3. The first-order valence-electron chi connectivity index (χ1n) is 12.4. The molecular weight excluding hydrogens is 438 g/mol. The van der Waals surface area contributed by atoms with Gasteiger partial charge in [0.15, 0.2) is 5.60 Å². The number of rotatable bonds is 5. The molecule has 0 aliphatic carbocycles. The quantitative estimate of drug-likeness (QED) is 0.651. The van der Waals surface area contributed by atoms with Crippen LogP contribution in [-0.2, 0) is 10.4 Å². The van der Waals surface area contributed by atoms with Crippen molar-refractivity contribution >= 4 is 5.91 Å². The van der Waals surface area contributed by atoms with Gasteiger partial charge in [-0.15, -0.1) is 0 Å². The number of nitrogens with zero attached hydrogens (tertiary/aromatic N) is 3. The number of carbonyl (C=O) groups excluding carboxylic acids is 1. The molecular formula is C29H37N3O3. The molecule has 1 aromatic carbocycles. The summed E-state index contributed by atoms with van der Waals surface area (Å²) in [7, 11) is 2.05. The highest BCUT2D eigenvalue weighted by molar-refractivity contribution is 5.79. The largest absolute Gasteiger partial charge is 0.380 e. The zero-order chi connectivity index (χ0) is 25.6. The van der Waals surface area contributed by atoms with Crippen LogP contribution in [0.1, 0.15) is 62.8 Å². The predicted molar refractivity (Wildman–Crippen MR) is 137 cm³/mol. The summed E-state index contributed by atoms with van der Waals surface area (Å²) in [5.74, 6) is 6.29. The first-order chi connectivity index (χ1) is 16.4. The van der Waals surface area contributed by atoms with Gasteiger partial charge in [0.2, 0.25) is 5.91 Å². The molecule has 0 spiro atoms. The van der Waals surface area contributed by atoms with Crippen LogP contribution in [0.5, 0.6) is 0 Å². The Balaban J connectivity index is 1.65. The SMILES string of the molecule is CC(C)C(=O)N1CC(O)(C#Cc2cncc(C(O)(c3ccc(C(C)C)cc3)C3(C)CN(C)C3)c2)C1. The van der Waals surface area contributed by atoms with Crippen LogP contribution in [0.3, 0.4) is 0 Å². The van der Waals surface area contributed by atoms with Crippen LogP contribution < -0.4 is 0 Å². The fourth-order valence-electron chi connectivity index (χ4n) is 5.43. The van der Waals surface area contributed by atoms with Gasteiger partial charge in [-0.1, -0.05) is 70.7 Å². The van der Waals surface area contributed by atoms with Crippen molar-refractivity contribution in [3.8, 4) is 11.8 Å². The zero-order valence-electron chi connectivity index (χ0n) is 21.7. The first kappa shape index (κ1) is 25.4. The van der Waals surface area contributed by atoms with Gasteiger partial charge in [0.25, 0.3) is 0 Å². The molecule has 1 unspecified atom stereocenters. The number of aromatic nitrogens is 1. The third kappa shape index (κ3) is 4.61. The molecule has 0 saturated carbocycles. The fraction of sp³-hybridized carbons (Fsp3) is 0.517. The van der Waals surface area contributed by atoms with Crippen LogP contribution in [0.4, 0.5) is 0 Å². The Morgan fingerprint density at radius 1 is 1.06 bits per heavy atom. The average molecular weight is 476 g/mol. The van der Waals surface area contributed by atoms with Gasteiger partial charge in [-0.05, 0) is 30.2 Å². The molecule has 35 heavy (non-hydrogen) atoms. The molecule has 0 bridgehead atoms. The third-order valence-corrected chi connectivity index (χ3v) is 7.41. The van der Waals surface area contributed by atoms with Crippen molar-refractivity contribution in [3.05, 3.63) is 65.0 Å². The number of β-amino-alcohol motifs (C(OH)–C–C–N with tert-alkyl or cyclic N) is 1. The van der Waals surface area contributed by atoms with Gasteiger partial charge in [-0.25, -0.2) is 0 Å². The van der Waals surface area contributed by atoms with Crippen molar-refractivity contribution < 1.29 is 15.0 Å². The van der Waals surface area contributed by atoms with E-state index in [1.54, 1.807) is 17.3 Å². The molecule has 2 fully saturated rings. The molecule has 2 N–H and O–H groups in total. The van der Waals surface area contributed by atoms with Crippen molar-refractivity contribution in [1.82, 2.24) is 14.8 Å². The second kappa shape index (κ2) is 9.05. The summed E-state index contributed by atoms with van der Waals surface area (Å²) in [5.41, 5.74) is 0.527. The van der Waals surface area contributed by atoms with E-state index in [0.717, 1.165) is 18.7 Å². The molecule has 2 aromatic rings. The number of amides is 1. The lowest BCUT2D eigenvalue weighted by atomic mass is 9.62. The molecule has 1 aromatic heterocycles. The number of hydrogen-bond donors (Lipinski definition) is 2. The molecule has 2 saturated heterocycles. The van der Waals surface area contributed by atoms with E-state index in [0.29, 0.717) is 17.0 Å². The minimum Gasteiger partial charge on any atom is -0.380 e. The van der Waals surface area contributed by atoms with Crippen LogP contribution in [0.15, 0.2) is 42.7 Å². The molecule has 3 heterocycles. The Labute approximate surface area is 209 Å². The first-order valence-corrected chi connectivity index (χ1v) is 12.4. The monoisotopic (exact) mass is 475 g/mol. The van der Waals surface area contributed by atoms with Crippen LogP contribution >= 0.6 is 0 Å². The molecule has 2 aliphatic heterocycles. The van der Waals surface area contributed by atoms with Crippen molar-refractivity contribution in [2.24, 2.45) is 11.3 Å². The summed E-state index contributed by atoms with van der Waals surface area (Å²) in [6, 6.07) is 10.1. The minimum atomic E-state index is -1.24. The highest BCUT2D eigenvalue weighted by Gasteiger charge is 2.55. The molecule has 186 valence electrons. The lowest BCUT2D eigenvalue weighted by Gasteiger charge is -2.55. The normalized spacial score (nSPS) is 20.5. The maximum Gasteiger partial charge on any atom is 0.225 e. The van der Waals surface area contributed by atoms with E-state index in [2.05, 4.69) is 61.7 Å². The fourth-order valence-corrected chi connectivity index (χ4v) is 5.43. The second-order valence-corrected chi connectivity index (χ2v) is 11.3. The van der Waals surface area contributed by atoms with Crippen LogP contribution in [0, 0.1) is 23.2 Å². The zero-order valence-corrected chi connectivity index (χ0v) is 21.7. The van der Waals surface area contributed by atoms with E-state index >= 15 is 0 Å². The maximum absolute atomic E-state index is 12.3. The minimum absolute atomic E-state index is 0.0207. The smallest absolute Gasteiger partial charge is 0.225 e. The van der Waals surface area contributed by atoms with Crippen LogP contribution in [0.2, 0.25) is 0 Å². The topological polar surface area (TPSA) is 76.9 Å². The van der Waals surface area contributed by atoms with Crippen molar-refractivity contribution in [1.29, 1.82) is 0 Å². The summed E-state index contributed by atoms with van der Waals surface area (Å²) in [5, 5.41) is 23.0. The standard InChI is InChI=1S/C29H37N3O3/c1-20(2)23-7-9-24(10-8-23)29(35,27(5)16-31(6)17-27)25-13-22(14-30-15-25)11-12-28(34)18-32(19-28)26(33)21(3)4/h7-10,13-15,20-21,34-35H,16-19H2,1-6H3. The van der Waals surface area contributed by atoms with Crippen LogP contribution in [-0.4, -0.2) is 69.7 Å². The Morgan fingerprint density at radius 2 is 1.69 bits per heavy atom. The van der Waals surface area contributed by atoms with Gasteiger partial charge in [0.1, 0.15) is 5.60 Å². The molecule has 2 aliphatic rings. The van der Waals surface area contributed by atoms with Crippen molar-refractivity contribution in [2.45, 2.75) is 51.7 Å². The van der Waals surface area contributed by atoms with Gasteiger partial charge in [0, 0.05) is 47.9 Å². The molecule has 0 radical (unpaired) electrons. The number of likely N-dealkylation sites (tertiary alicyclic amines) is 2. The number of aliphatic hydroxyl groups is 2. The van der Waals surface area contributed by atoms with Crippen molar-refractivity contribution in [2.75, 3.05) is 33.2 Å². The summed E-state index contributed by atoms with van der Waals surface area (Å²) < 4.78 is 0. The number of carbonyl (C=O) groups is 1. The summed E-state index contributed by atoms with van der Waals surface area (Å²) in [6.07, 6.45) is 3.36. The van der Waals surface area contributed by atoms with E-state index in [4.69, 9.17) is 0 Å². The number of hydrogen-bond acceptors (Lipinski definition) is 5. The molecule has 4 rings (SSSR count). The number of benzene rings is 1. The Kier molecular flexibility index (Phi) is 6.56. The summed E-state index contributed by atoms with van der Waals surface area (Å²) in [6.45, 7) is 12.0. The highest BCUT2D eigenvalue weighted by Crippen LogP contribution is 2.50. The molecule has 6 nitrogen and oxygen atoms in total. The second-order valence-electron chi connectivity index (χ2n) is 11.3. The lowest BCUT2D eigenvalue weighted by Crippen LogP contribution is -2.63. The predicted octanol–water partition coefficient (Wildman–Crippen LogP) is 2.97. The van der Waals surface area contributed by atoms with Crippen molar-refractivity contribution in [3.63, 3.8) is 0 Å². The summed E-state index contributed by atoms with van der Waals surface area (Å²) >= 11 is 0. The molecule has 1 amide bonds. The van der Waals surface area contributed by atoms with Gasteiger partial charge >= 0.3 is 0 Å². The Hall–Kier alpha value is -2.72. The molecule has 1 atom stereocenters. The lowest BCUT2D eigenvalue weighted by molar-refractivity contribution is -0.150. The third-order valence-electron chi connectivity index (χ3n) is 7.41. The van der Waals surface area contributed by atoms with E-state index < -0.39 is 16.6 Å². The van der Waals surface area contributed by atoms with Gasteiger partial charge in [0.05, 0.1) is 13.1 Å².